The number of nitrogens with two attached hydrogens (primary N) is 1. The molecule has 3 N–H and O–H groups in total. The van der Waals surface area contributed by atoms with Gasteiger partial charge >= 0.3 is 0 Å². The lowest BCUT2D eigenvalue weighted by molar-refractivity contribution is 0.317. The standard InChI is InChI=1S/C21H22F2N4.ClH/c22-18-7-4-8-19(23)20(18)21-16(10-25-26-21)12-27-11-15(9-24)17(13-27)14-5-2-1-3-6-14;/h1-8,10,15,17H,9,11-13,24H2,(H,25,26);1H/t15-,17+;/m1./s1. The largest absolute Gasteiger partial charge is 0.330 e. The van der Waals surface area contributed by atoms with Gasteiger partial charge in [0.15, 0.2) is 0 Å². The van der Waals surface area contributed by atoms with E-state index in [1.807, 2.05) is 18.2 Å². The van der Waals surface area contributed by atoms with Crippen molar-refractivity contribution in [3.8, 4) is 11.3 Å². The number of H-pyrrole nitrogens is 1. The maximum Gasteiger partial charge on any atom is 0.135 e. The Morgan fingerprint density at radius 3 is 2.43 bits per heavy atom. The van der Waals surface area contributed by atoms with Crippen LogP contribution in [0.5, 0.6) is 0 Å². The van der Waals surface area contributed by atoms with Crippen LogP contribution >= 0.6 is 12.4 Å². The summed E-state index contributed by atoms with van der Waals surface area (Å²) in [4.78, 5) is 2.28. The quantitative estimate of drug-likeness (QED) is 0.677. The summed E-state index contributed by atoms with van der Waals surface area (Å²) in [5.41, 5.74) is 8.42. The molecule has 0 radical (unpaired) electrons. The normalized spacial score (nSPS) is 19.5. The van der Waals surface area contributed by atoms with Gasteiger partial charge in [0, 0.05) is 31.1 Å². The number of hydrogen-bond donors (Lipinski definition) is 2. The molecule has 1 aliphatic rings. The van der Waals surface area contributed by atoms with Gasteiger partial charge in [-0.2, -0.15) is 5.10 Å². The Labute approximate surface area is 169 Å². The summed E-state index contributed by atoms with van der Waals surface area (Å²) in [5.74, 6) is -0.475. The van der Waals surface area contributed by atoms with E-state index in [9.17, 15) is 8.78 Å². The number of benzene rings is 2. The van der Waals surface area contributed by atoms with Crippen LogP contribution in [-0.4, -0.2) is 34.7 Å². The molecule has 1 aromatic heterocycles. The number of hydrogen-bond acceptors (Lipinski definition) is 3. The van der Waals surface area contributed by atoms with E-state index in [0.29, 0.717) is 30.6 Å². The van der Waals surface area contributed by atoms with Crippen LogP contribution in [0.3, 0.4) is 0 Å². The fourth-order valence-electron chi connectivity index (χ4n) is 4.03. The highest BCUT2D eigenvalue weighted by atomic mass is 35.5. The van der Waals surface area contributed by atoms with E-state index in [1.165, 1.54) is 23.8 Å². The lowest BCUT2D eigenvalue weighted by Gasteiger charge is -2.17. The molecule has 2 heterocycles. The molecule has 28 heavy (non-hydrogen) atoms. The molecule has 2 aromatic carbocycles. The number of likely N-dealkylation sites (tertiary alicyclic amines) is 1. The van der Waals surface area contributed by atoms with Gasteiger partial charge in [-0.3, -0.25) is 10.00 Å². The minimum Gasteiger partial charge on any atom is -0.330 e. The summed E-state index contributed by atoms with van der Waals surface area (Å²) in [7, 11) is 0. The van der Waals surface area contributed by atoms with Crippen LogP contribution in [0.25, 0.3) is 11.3 Å². The molecule has 148 valence electrons. The summed E-state index contributed by atoms with van der Waals surface area (Å²) < 4.78 is 28.4. The molecule has 1 fully saturated rings. The first-order valence-corrected chi connectivity index (χ1v) is 9.11. The average Bonchev–Trinajstić information content (AvgIpc) is 3.30. The van der Waals surface area contributed by atoms with E-state index in [2.05, 4.69) is 27.2 Å². The predicted octanol–water partition coefficient (Wildman–Crippen LogP) is 3.95. The van der Waals surface area contributed by atoms with Gasteiger partial charge in [0.25, 0.3) is 0 Å². The van der Waals surface area contributed by atoms with Crippen molar-refractivity contribution >= 4 is 12.4 Å². The van der Waals surface area contributed by atoms with Crippen LogP contribution in [0.1, 0.15) is 17.0 Å². The van der Waals surface area contributed by atoms with Gasteiger partial charge in [-0.15, -0.1) is 12.4 Å². The molecule has 4 rings (SSSR count). The van der Waals surface area contributed by atoms with Crippen LogP contribution in [-0.2, 0) is 6.54 Å². The molecule has 2 atom stereocenters. The van der Waals surface area contributed by atoms with Crippen molar-refractivity contribution in [2.24, 2.45) is 11.7 Å². The first kappa shape index (κ1) is 20.5. The molecule has 3 aromatic rings. The van der Waals surface area contributed by atoms with Crippen molar-refractivity contribution in [2.45, 2.75) is 12.5 Å². The zero-order chi connectivity index (χ0) is 18.8. The number of nitrogens with zero attached hydrogens (tertiary/aromatic N) is 2. The van der Waals surface area contributed by atoms with Crippen molar-refractivity contribution < 1.29 is 8.78 Å². The van der Waals surface area contributed by atoms with Gasteiger partial charge in [0.1, 0.15) is 11.6 Å². The van der Waals surface area contributed by atoms with Crippen molar-refractivity contribution in [3.05, 3.63) is 77.5 Å². The third kappa shape index (κ3) is 3.94. The Bertz CT molecular complexity index is 896. The second kappa shape index (κ2) is 8.82. The van der Waals surface area contributed by atoms with Gasteiger partial charge < -0.3 is 5.73 Å². The third-order valence-corrected chi connectivity index (χ3v) is 5.37. The molecule has 0 saturated carbocycles. The monoisotopic (exact) mass is 404 g/mol. The predicted molar refractivity (Wildman–Crippen MR) is 108 cm³/mol. The maximum atomic E-state index is 14.2. The Balaban J connectivity index is 0.00000225. The number of aromatic nitrogens is 2. The number of nitrogens with one attached hydrogen (secondary N) is 1. The Kier molecular flexibility index (Phi) is 6.44. The zero-order valence-electron chi connectivity index (χ0n) is 15.3. The summed E-state index contributed by atoms with van der Waals surface area (Å²) >= 11 is 0. The van der Waals surface area contributed by atoms with Crippen LogP contribution < -0.4 is 5.73 Å². The van der Waals surface area contributed by atoms with E-state index in [0.717, 1.165) is 18.7 Å². The van der Waals surface area contributed by atoms with E-state index in [4.69, 9.17) is 5.73 Å². The zero-order valence-corrected chi connectivity index (χ0v) is 16.1. The molecule has 0 spiro atoms. The summed E-state index contributed by atoms with van der Waals surface area (Å²) in [6.45, 7) is 2.88. The number of rotatable bonds is 5. The van der Waals surface area contributed by atoms with Crippen molar-refractivity contribution in [1.82, 2.24) is 15.1 Å². The average molecular weight is 405 g/mol. The highest BCUT2D eigenvalue weighted by Crippen LogP contribution is 2.34. The Morgan fingerprint density at radius 2 is 1.75 bits per heavy atom. The minimum atomic E-state index is -0.594. The van der Waals surface area contributed by atoms with Gasteiger partial charge in [0.2, 0.25) is 0 Å². The molecule has 0 amide bonds. The highest BCUT2D eigenvalue weighted by molar-refractivity contribution is 5.85. The fourth-order valence-corrected chi connectivity index (χ4v) is 4.03. The van der Waals surface area contributed by atoms with Crippen molar-refractivity contribution in [1.29, 1.82) is 0 Å². The topological polar surface area (TPSA) is 57.9 Å². The molecule has 0 unspecified atom stereocenters. The summed E-state index contributed by atoms with van der Waals surface area (Å²) in [6.07, 6.45) is 1.65. The smallest absolute Gasteiger partial charge is 0.135 e. The van der Waals surface area contributed by atoms with Crippen LogP contribution in [0, 0.1) is 17.6 Å². The lowest BCUT2D eigenvalue weighted by Crippen LogP contribution is -2.23. The lowest BCUT2D eigenvalue weighted by atomic mass is 9.89. The molecule has 1 aliphatic heterocycles. The van der Waals surface area contributed by atoms with Gasteiger partial charge in [-0.1, -0.05) is 36.4 Å². The Morgan fingerprint density at radius 1 is 1.04 bits per heavy atom. The third-order valence-electron chi connectivity index (χ3n) is 5.37. The molecule has 7 heteroatoms. The van der Waals surface area contributed by atoms with Crippen molar-refractivity contribution in [3.63, 3.8) is 0 Å². The summed E-state index contributed by atoms with van der Waals surface area (Å²) in [6, 6.07) is 14.2. The fraction of sp³-hybridized carbons (Fsp3) is 0.286. The molecule has 1 saturated heterocycles. The first-order chi connectivity index (χ1) is 13.2. The van der Waals surface area contributed by atoms with E-state index in [-0.39, 0.29) is 18.0 Å². The molecular formula is C21H23ClF2N4. The molecule has 0 aliphatic carbocycles. The Hall–Kier alpha value is -2.28. The molecular weight excluding hydrogens is 382 g/mol. The summed E-state index contributed by atoms with van der Waals surface area (Å²) in [5, 5.41) is 6.79. The second-order valence-electron chi connectivity index (χ2n) is 7.07. The van der Waals surface area contributed by atoms with E-state index >= 15 is 0 Å². The minimum absolute atomic E-state index is 0. The second-order valence-corrected chi connectivity index (χ2v) is 7.07. The molecule has 4 nitrogen and oxygen atoms in total. The van der Waals surface area contributed by atoms with Gasteiger partial charge in [-0.25, -0.2) is 8.78 Å². The van der Waals surface area contributed by atoms with Crippen LogP contribution in [0.2, 0.25) is 0 Å². The van der Waals surface area contributed by atoms with Crippen LogP contribution in [0.15, 0.2) is 54.7 Å². The van der Waals surface area contributed by atoms with Gasteiger partial charge in [0.05, 0.1) is 17.5 Å². The van der Waals surface area contributed by atoms with Crippen molar-refractivity contribution in [2.75, 3.05) is 19.6 Å². The maximum absolute atomic E-state index is 14.2. The van der Waals surface area contributed by atoms with Crippen LogP contribution in [0.4, 0.5) is 8.78 Å². The van der Waals surface area contributed by atoms with Gasteiger partial charge in [-0.05, 0) is 30.2 Å². The van der Waals surface area contributed by atoms with E-state index in [1.54, 1.807) is 6.20 Å². The number of aromatic amines is 1. The number of halogens is 3. The SMILES string of the molecule is Cl.NC[C@@H]1CN(Cc2cn[nH]c2-c2c(F)cccc2F)C[C@H]1c1ccccc1. The molecule has 0 bridgehead atoms. The first-order valence-electron chi connectivity index (χ1n) is 9.11. The highest BCUT2D eigenvalue weighted by Gasteiger charge is 2.33. The van der Waals surface area contributed by atoms with E-state index < -0.39 is 11.6 Å².